The molecule has 0 radical (unpaired) electrons. The first-order valence-corrected chi connectivity index (χ1v) is 5.71. The molecule has 1 heterocycles. The van der Waals surface area contributed by atoms with Crippen LogP contribution in [-0.4, -0.2) is 12.2 Å². The second kappa shape index (κ2) is 3.64. The van der Waals surface area contributed by atoms with Crippen molar-refractivity contribution >= 4 is 0 Å². The molecule has 0 spiro atoms. The molecule has 1 atom stereocenters. The zero-order chi connectivity index (χ0) is 11.1. The fraction of sp³-hybridized carbons (Fsp3) is 0.571. The number of aryl methyl sites for hydroxylation is 3. The van der Waals surface area contributed by atoms with Crippen LogP contribution in [-0.2, 0) is 11.2 Å². The average molecular weight is 204 g/mol. The van der Waals surface area contributed by atoms with Crippen LogP contribution in [0.15, 0.2) is 12.1 Å². The Morgan fingerprint density at radius 2 is 1.73 bits per heavy atom. The summed E-state index contributed by atoms with van der Waals surface area (Å²) in [5.74, 6) is 0. The van der Waals surface area contributed by atoms with E-state index in [1.54, 1.807) is 0 Å². The van der Waals surface area contributed by atoms with E-state index in [4.69, 9.17) is 4.74 Å². The van der Waals surface area contributed by atoms with Crippen molar-refractivity contribution in [3.8, 4) is 0 Å². The molecule has 1 fully saturated rings. The highest BCUT2D eigenvalue weighted by Crippen LogP contribution is 2.32. The summed E-state index contributed by atoms with van der Waals surface area (Å²) < 4.78 is 5.42. The van der Waals surface area contributed by atoms with E-state index in [0.29, 0.717) is 0 Å². The Kier molecular flexibility index (Phi) is 2.59. The summed E-state index contributed by atoms with van der Waals surface area (Å²) in [5, 5.41) is 0. The summed E-state index contributed by atoms with van der Waals surface area (Å²) >= 11 is 0. The van der Waals surface area contributed by atoms with E-state index in [1.807, 2.05) is 0 Å². The van der Waals surface area contributed by atoms with Gasteiger partial charge in [-0.3, -0.25) is 0 Å². The first kappa shape index (κ1) is 10.7. The van der Waals surface area contributed by atoms with Gasteiger partial charge in [-0.05, 0) is 57.2 Å². The Morgan fingerprint density at radius 1 is 1.20 bits per heavy atom. The van der Waals surface area contributed by atoms with Crippen molar-refractivity contribution in [3.05, 3.63) is 34.4 Å². The summed E-state index contributed by atoms with van der Waals surface area (Å²) in [5.41, 5.74) is 5.91. The summed E-state index contributed by atoms with van der Waals surface area (Å²) in [6, 6.07) is 4.55. The quantitative estimate of drug-likeness (QED) is 0.688. The maximum absolute atomic E-state index is 5.42. The maximum atomic E-state index is 5.42. The highest BCUT2D eigenvalue weighted by molar-refractivity contribution is 5.37. The normalized spacial score (nSPS) is 24.3. The molecule has 1 aromatic carbocycles. The molecule has 0 saturated carbocycles. The monoisotopic (exact) mass is 204 g/mol. The smallest absolute Gasteiger partial charge is 0.0891 e. The predicted molar refractivity (Wildman–Crippen MR) is 63.3 cm³/mol. The molecule has 1 saturated heterocycles. The van der Waals surface area contributed by atoms with Crippen LogP contribution >= 0.6 is 0 Å². The number of hydrogen-bond donors (Lipinski definition) is 0. The molecule has 0 aromatic heterocycles. The largest absolute Gasteiger partial charge is 0.370 e. The van der Waals surface area contributed by atoms with E-state index in [0.717, 1.165) is 19.4 Å². The molecule has 0 aliphatic carbocycles. The van der Waals surface area contributed by atoms with Gasteiger partial charge in [-0.2, -0.15) is 0 Å². The molecule has 2 rings (SSSR count). The fourth-order valence-electron chi connectivity index (χ4n) is 2.26. The van der Waals surface area contributed by atoms with Crippen molar-refractivity contribution < 1.29 is 4.74 Å². The van der Waals surface area contributed by atoms with Crippen LogP contribution in [0.5, 0.6) is 0 Å². The van der Waals surface area contributed by atoms with Gasteiger partial charge in [0, 0.05) is 0 Å². The van der Waals surface area contributed by atoms with E-state index >= 15 is 0 Å². The Balaban J connectivity index is 2.13. The molecule has 0 N–H and O–H groups in total. The van der Waals surface area contributed by atoms with Gasteiger partial charge in [-0.25, -0.2) is 0 Å². The molecular formula is C14H20O. The van der Waals surface area contributed by atoms with Gasteiger partial charge in [0.1, 0.15) is 0 Å². The molecule has 0 bridgehead atoms. The van der Waals surface area contributed by atoms with Crippen molar-refractivity contribution in [3.63, 3.8) is 0 Å². The molecule has 0 amide bonds. The van der Waals surface area contributed by atoms with Gasteiger partial charge in [0.2, 0.25) is 0 Å². The number of rotatable bonds is 3. The highest BCUT2D eigenvalue weighted by atomic mass is 16.6. The molecule has 82 valence electrons. The van der Waals surface area contributed by atoms with E-state index in [-0.39, 0.29) is 5.60 Å². The van der Waals surface area contributed by atoms with E-state index in [9.17, 15) is 0 Å². The number of hydrogen-bond acceptors (Lipinski definition) is 1. The average Bonchev–Trinajstić information content (AvgIpc) is 2.82. The van der Waals surface area contributed by atoms with Crippen LogP contribution in [0.4, 0.5) is 0 Å². The van der Waals surface area contributed by atoms with Gasteiger partial charge in [0.05, 0.1) is 12.2 Å². The van der Waals surface area contributed by atoms with Crippen LogP contribution in [0.3, 0.4) is 0 Å². The zero-order valence-corrected chi connectivity index (χ0v) is 10.2. The molecule has 1 heteroatoms. The summed E-state index contributed by atoms with van der Waals surface area (Å²) in [6.07, 6.45) is 2.30. The number of epoxide rings is 1. The first-order valence-electron chi connectivity index (χ1n) is 5.71. The zero-order valence-electron chi connectivity index (χ0n) is 10.2. The lowest BCUT2D eigenvalue weighted by Gasteiger charge is -2.12. The summed E-state index contributed by atoms with van der Waals surface area (Å²) in [4.78, 5) is 0. The third kappa shape index (κ3) is 2.40. The molecule has 1 aromatic rings. The van der Waals surface area contributed by atoms with Gasteiger partial charge in [-0.15, -0.1) is 0 Å². The number of benzene rings is 1. The second-order valence-electron chi connectivity index (χ2n) is 5.12. The molecule has 1 aliphatic rings. The van der Waals surface area contributed by atoms with Gasteiger partial charge < -0.3 is 4.74 Å². The molecule has 1 unspecified atom stereocenters. The molecular weight excluding hydrogens is 184 g/mol. The number of ether oxygens (including phenoxy) is 1. The van der Waals surface area contributed by atoms with Crippen LogP contribution in [0, 0.1) is 20.8 Å². The van der Waals surface area contributed by atoms with Gasteiger partial charge >= 0.3 is 0 Å². The van der Waals surface area contributed by atoms with Crippen molar-refractivity contribution in [1.82, 2.24) is 0 Å². The Bertz CT molecular complexity index is 352. The summed E-state index contributed by atoms with van der Waals surface area (Å²) in [6.45, 7) is 9.73. The third-order valence-electron chi connectivity index (χ3n) is 3.38. The van der Waals surface area contributed by atoms with E-state index < -0.39 is 0 Å². The lowest BCUT2D eigenvalue weighted by Crippen LogP contribution is -2.07. The van der Waals surface area contributed by atoms with Crippen LogP contribution in [0.25, 0.3) is 0 Å². The van der Waals surface area contributed by atoms with Crippen LogP contribution < -0.4 is 0 Å². The molecule has 1 nitrogen and oxygen atoms in total. The van der Waals surface area contributed by atoms with Crippen molar-refractivity contribution in [2.24, 2.45) is 0 Å². The first-order chi connectivity index (χ1) is 7.00. The lowest BCUT2D eigenvalue weighted by molar-refractivity contribution is 0.309. The maximum Gasteiger partial charge on any atom is 0.0891 e. The van der Waals surface area contributed by atoms with Crippen LogP contribution in [0.1, 0.15) is 35.6 Å². The van der Waals surface area contributed by atoms with Crippen molar-refractivity contribution in [2.45, 2.75) is 46.1 Å². The summed E-state index contributed by atoms with van der Waals surface area (Å²) in [7, 11) is 0. The van der Waals surface area contributed by atoms with Crippen molar-refractivity contribution in [1.29, 1.82) is 0 Å². The second-order valence-corrected chi connectivity index (χ2v) is 5.12. The van der Waals surface area contributed by atoms with E-state index in [1.165, 1.54) is 22.3 Å². The van der Waals surface area contributed by atoms with Crippen LogP contribution in [0.2, 0.25) is 0 Å². The van der Waals surface area contributed by atoms with Gasteiger partial charge in [-0.1, -0.05) is 17.7 Å². The van der Waals surface area contributed by atoms with Gasteiger partial charge in [0.25, 0.3) is 0 Å². The Morgan fingerprint density at radius 3 is 2.20 bits per heavy atom. The third-order valence-corrected chi connectivity index (χ3v) is 3.38. The minimum atomic E-state index is 0.184. The van der Waals surface area contributed by atoms with Gasteiger partial charge in [0.15, 0.2) is 0 Å². The molecule has 1 aliphatic heterocycles. The minimum Gasteiger partial charge on any atom is -0.370 e. The Hall–Kier alpha value is -0.820. The lowest BCUT2D eigenvalue weighted by atomic mass is 9.93. The fourth-order valence-corrected chi connectivity index (χ4v) is 2.26. The standard InChI is InChI=1S/C14H20O/c1-10-7-11(2)13(12(3)8-10)5-6-14(4)9-15-14/h7-8H,5-6,9H2,1-4H3. The van der Waals surface area contributed by atoms with Crippen molar-refractivity contribution in [2.75, 3.05) is 6.61 Å². The molecule has 15 heavy (non-hydrogen) atoms. The van der Waals surface area contributed by atoms with E-state index in [2.05, 4.69) is 39.8 Å². The highest BCUT2D eigenvalue weighted by Gasteiger charge is 2.38. The minimum absolute atomic E-state index is 0.184. The topological polar surface area (TPSA) is 12.5 Å². The SMILES string of the molecule is Cc1cc(C)c(CCC2(C)CO2)c(C)c1. The Labute approximate surface area is 92.5 Å². The predicted octanol–water partition coefficient (Wildman–Crippen LogP) is 3.33.